The first-order chi connectivity index (χ1) is 16.7. The van der Waals surface area contributed by atoms with Crippen LogP contribution < -0.4 is 4.90 Å². The molecule has 2 heterocycles. The van der Waals surface area contributed by atoms with Crippen molar-refractivity contribution in [2.45, 2.75) is 18.7 Å². The largest absolute Gasteiger partial charge is 0.345 e. The fourth-order valence-corrected chi connectivity index (χ4v) is 6.54. The Morgan fingerprint density at radius 2 is 1.63 bits per heavy atom. The van der Waals surface area contributed by atoms with E-state index in [0.29, 0.717) is 31.7 Å². The zero-order valence-electron chi connectivity index (χ0n) is 20.1. The molecule has 184 valence electrons. The van der Waals surface area contributed by atoms with Gasteiger partial charge in [-0.2, -0.15) is 4.31 Å². The van der Waals surface area contributed by atoms with Crippen molar-refractivity contribution in [1.82, 2.24) is 14.2 Å². The Hall–Kier alpha value is -3.01. The van der Waals surface area contributed by atoms with Crippen molar-refractivity contribution in [3.8, 4) is 0 Å². The number of hydrogen-bond acceptors (Lipinski definition) is 6. The minimum absolute atomic E-state index is 0.0989. The van der Waals surface area contributed by atoms with Crippen LogP contribution in [0.1, 0.15) is 21.5 Å². The number of carbonyl (C=O) groups excluding carboxylic acids is 1. The van der Waals surface area contributed by atoms with Crippen LogP contribution in [0, 0.1) is 13.8 Å². The second-order valence-electron chi connectivity index (χ2n) is 8.60. The molecular weight excluding hydrogens is 480 g/mol. The summed E-state index contributed by atoms with van der Waals surface area (Å²) in [4.78, 5) is 22.1. The molecule has 2 aromatic carbocycles. The number of fused-ring (bicyclic) bond motifs is 1. The Kier molecular flexibility index (Phi) is 7.39. The van der Waals surface area contributed by atoms with Crippen molar-refractivity contribution in [2.75, 3.05) is 44.2 Å². The number of benzene rings is 2. The molecule has 35 heavy (non-hydrogen) atoms. The van der Waals surface area contributed by atoms with Gasteiger partial charge >= 0.3 is 0 Å². The highest BCUT2D eigenvalue weighted by molar-refractivity contribution is 7.89. The van der Waals surface area contributed by atoms with Crippen LogP contribution in [0.5, 0.6) is 0 Å². The van der Waals surface area contributed by atoms with Gasteiger partial charge in [-0.25, -0.2) is 13.4 Å². The molecule has 0 saturated carbocycles. The van der Waals surface area contributed by atoms with E-state index < -0.39 is 10.0 Å². The molecule has 1 fully saturated rings. The lowest BCUT2D eigenvalue weighted by atomic mass is 10.1. The molecule has 1 saturated heterocycles. The van der Waals surface area contributed by atoms with E-state index in [0.717, 1.165) is 10.6 Å². The Balaban J connectivity index is 1.42. The van der Waals surface area contributed by atoms with Gasteiger partial charge in [0.2, 0.25) is 10.0 Å². The van der Waals surface area contributed by atoms with Gasteiger partial charge < -0.3 is 9.80 Å². The van der Waals surface area contributed by atoms with Crippen molar-refractivity contribution in [2.24, 2.45) is 0 Å². The van der Waals surface area contributed by atoms with Crippen molar-refractivity contribution < 1.29 is 13.2 Å². The third kappa shape index (κ3) is 5.17. The normalized spacial score (nSPS) is 14.5. The molecule has 0 bridgehead atoms. The van der Waals surface area contributed by atoms with E-state index >= 15 is 0 Å². The first kappa shape index (κ1) is 25.1. The summed E-state index contributed by atoms with van der Waals surface area (Å²) >= 11 is 1.68. The van der Waals surface area contributed by atoms with Crippen LogP contribution in [-0.2, 0) is 10.0 Å². The third-order valence-corrected chi connectivity index (χ3v) is 9.16. The highest BCUT2D eigenvalue weighted by atomic mass is 32.2. The van der Waals surface area contributed by atoms with Gasteiger partial charge in [0, 0.05) is 44.8 Å². The van der Waals surface area contributed by atoms with Crippen LogP contribution in [0.15, 0.2) is 66.6 Å². The van der Waals surface area contributed by atoms with Gasteiger partial charge in [-0.15, -0.1) is 13.2 Å². The number of sulfonamides is 1. The van der Waals surface area contributed by atoms with Crippen molar-refractivity contribution in [3.63, 3.8) is 0 Å². The number of amides is 1. The zero-order valence-corrected chi connectivity index (χ0v) is 21.7. The predicted octanol–water partition coefficient (Wildman–Crippen LogP) is 4.24. The molecule has 3 aromatic rings. The number of hydrogen-bond donors (Lipinski definition) is 0. The maximum Gasteiger partial charge on any atom is 0.253 e. The summed E-state index contributed by atoms with van der Waals surface area (Å²) in [5.41, 5.74) is 3.98. The molecule has 9 heteroatoms. The lowest BCUT2D eigenvalue weighted by Crippen LogP contribution is -2.48. The van der Waals surface area contributed by atoms with E-state index in [9.17, 15) is 13.2 Å². The van der Waals surface area contributed by atoms with E-state index in [2.05, 4.69) is 44.0 Å². The van der Waals surface area contributed by atoms with Crippen LogP contribution in [0.25, 0.3) is 10.2 Å². The van der Waals surface area contributed by atoms with Crippen molar-refractivity contribution >= 4 is 42.6 Å². The summed E-state index contributed by atoms with van der Waals surface area (Å²) in [6.07, 6.45) is 3.07. The molecule has 1 aliphatic heterocycles. The Morgan fingerprint density at radius 1 is 1.03 bits per heavy atom. The molecular formula is C26H30N4O3S2. The number of carbonyl (C=O) groups is 1. The van der Waals surface area contributed by atoms with E-state index in [1.165, 1.54) is 44.4 Å². The maximum absolute atomic E-state index is 13.1. The fraction of sp³-hybridized carbons (Fsp3) is 0.308. The summed E-state index contributed by atoms with van der Waals surface area (Å²) in [5, 5.41) is 0.982. The quantitative estimate of drug-likeness (QED) is 0.424. The first-order valence-corrected chi connectivity index (χ1v) is 13.7. The molecule has 1 amide bonds. The summed E-state index contributed by atoms with van der Waals surface area (Å²) < 4.78 is 28.2. The summed E-state index contributed by atoms with van der Waals surface area (Å²) in [6.45, 7) is 14.4. The average molecular weight is 511 g/mol. The molecule has 0 N–H and O–H groups in total. The number of piperazine rings is 1. The van der Waals surface area contributed by atoms with Crippen LogP contribution in [-0.4, -0.2) is 67.8 Å². The van der Waals surface area contributed by atoms with Gasteiger partial charge in [-0.3, -0.25) is 4.79 Å². The molecule has 0 unspecified atom stereocenters. The number of nitrogens with zero attached hydrogens (tertiary/aromatic N) is 4. The molecule has 0 atom stereocenters. The summed E-state index contributed by atoms with van der Waals surface area (Å²) in [5.74, 6) is -0.0989. The molecule has 0 aliphatic carbocycles. The van der Waals surface area contributed by atoms with Crippen LogP contribution in [0.2, 0.25) is 0 Å². The van der Waals surface area contributed by atoms with Crippen molar-refractivity contribution in [3.05, 3.63) is 78.4 Å². The molecule has 4 rings (SSSR count). The monoisotopic (exact) mass is 510 g/mol. The van der Waals surface area contributed by atoms with Crippen LogP contribution in [0.3, 0.4) is 0 Å². The SMILES string of the molecule is C=CCN(CC=C)S(=O)(=O)c1ccc(C(=O)N2CCN(c3nc4cc(C)c(C)cc4s3)CC2)cc1. The van der Waals surface area contributed by atoms with E-state index in [-0.39, 0.29) is 23.9 Å². The standard InChI is InChI=1S/C26H30N4O3S2/c1-5-11-30(12-6-2)35(32,33)22-9-7-21(8-10-22)25(31)28-13-15-29(16-14-28)26-27-23-17-19(3)20(4)18-24(23)34-26/h5-10,17-18H,1-2,11-16H2,3-4H3. The first-order valence-electron chi connectivity index (χ1n) is 11.5. The molecule has 1 aliphatic rings. The molecule has 0 spiro atoms. The van der Waals surface area contributed by atoms with Crippen LogP contribution in [0.4, 0.5) is 5.13 Å². The van der Waals surface area contributed by atoms with E-state index in [1.807, 2.05) is 4.90 Å². The van der Waals surface area contributed by atoms with Gasteiger partial charge in [0.05, 0.1) is 15.1 Å². The maximum atomic E-state index is 13.1. The minimum atomic E-state index is -3.69. The molecule has 7 nitrogen and oxygen atoms in total. The number of thiazole rings is 1. The highest BCUT2D eigenvalue weighted by Gasteiger charge is 2.26. The zero-order chi connectivity index (χ0) is 25.2. The lowest BCUT2D eigenvalue weighted by molar-refractivity contribution is 0.0746. The number of rotatable bonds is 8. The molecule has 0 radical (unpaired) electrons. The topological polar surface area (TPSA) is 73.8 Å². The Morgan fingerprint density at radius 3 is 2.23 bits per heavy atom. The van der Waals surface area contributed by atoms with Gasteiger partial charge in [0.25, 0.3) is 5.91 Å². The number of anilines is 1. The van der Waals surface area contributed by atoms with Gasteiger partial charge in [0.1, 0.15) is 0 Å². The highest BCUT2D eigenvalue weighted by Crippen LogP contribution is 2.31. The number of aryl methyl sites for hydroxylation is 2. The second-order valence-corrected chi connectivity index (χ2v) is 11.6. The summed E-state index contributed by atoms with van der Waals surface area (Å²) in [6, 6.07) is 10.5. The Bertz CT molecular complexity index is 1310. The lowest BCUT2D eigenvalue weighted by Gasteiger charge is -2.34. The van der Waals surface area contributed by atoms with Gasteiger partial charge in [-0.1, -0.05) is 23.5 Å². The third-order valence-electron chi connectivity index (χ3n) is 6.23. The smallest absolute Gasteiger partial charge is 0.253 e. The average Bonchev–Trinajstić information content (AvgIpc) is 3.26. The summed E-state index contributed by atoms with van der Waals surface area (Å²) in [7, 11) is -3.69. The van der Waals surface area contributed by atoms with Crippen molar-refractivity contribution in [1.29, 1.82) is 0 Å². The van der Waals surface area contributed by atoms with E-state index in [1.54, 1.807) is 23.5 Å². The van der Waals surface area contributed by atoms with E-state index in [4.69, 9.17) is 4.98 Å². The van der Waals surface area contributed by atoms with Gasteiger partial charge in [0.15, 0.2) is 5.13 Å². The predicted molar refractivity (Wildman–Crippen MR) is 143 cm³/mol. The minimum Gasteiger partial charge on any atom is -0.345 e. The van der Waals surface area contributed by atoms with Crippen LogP contribution >= 0.6 is 11.3 Å². The Labute approximate surface area is 211 Å². The number of aromatic nitrogens is 1. The van der Waals surface area contributed by atoms with Gasteiger partial charge in [-0.05, 0) is 61.4 Å². The molecule has 1 aromatic heterocycles. The fourth-order valence-electron chi connectivity index (χ4n) is 4.06. The second kappa shape index (κ2) is 10.3.